The quantitative estimate of drug-likeness (QED) is 0.286. The van der Waals surface area contributed by atoms with Crippen molar-refractivity contribution < 1.29 is 24.0 Å². The predicted octanol–water partition coefficient (Wildman–Crippen LogP) is 3.58. The Morgan fingerprint density at radius 1 is 1.30 bits per heavy atom. The maximum Gasteiger partial charge on any atom is 0.329 e. The lowest BCUT2D eigenvalue weighted by molar-refractivity contribution is -0.384. The summed E-state index contributed by atoms with van der Waals surface area (Å²) in [7, 11) is 0. The molecule has 0 aliphatic heterocycles. The number of halogens is 1. The number of hydrogen-bond acceptors (Lipinski definition) is 7. The highest BCUT2D eigenvalue weighted by molar-refractivity contribution is 7.98. The van der Waals surface area contributed by atoms with Gasteiger partial charge in [-0.25, -0.2) is 4.79 Å². The number of ether oxygens (including phenoxy) is 1. The van der Waals surface area contributed by atoms with Crippen LogP contribution in [0.1, 0.15) is 49.9 Å². The average Bonchev–Trinajstić information content (AvgIpc) is 2.77. The number of nitro groups is 1. The lowest BCUT2D eigenvalue weighted by Crippen LogP contribution is -2.46. The molecular formula is C22H30ClN3O6S. The number of non-ortho nitro benzene ring substituents is 1. The van der Waals surface area contributed by atoms with Crippen molar-refractivity contribution >= 4 is 46.8 Å². The van der Waals surface area contributed by atoms with Gasteiger partial charge in [0.25, 0.3) is 17.5 Å². The van der Waals surface area contributed by atoms with Gasteiger partial charge in [-0.05, 0) is 42.8 Å². The zero-order chi connectivity index (χ0) is 24.5. The molecule has 1 aliphatic rings. The van der Waals surface area contributed by atoms with Gasteiger partial charge < -0.3 is 15.4 Å². The Bertz CT molecular complexity index is 884. The fourth-order valence-electron chi connectivity index (χ4n) is 3.79. The molecule has 0 bridgehead atoms. The Balaban J connectivity index is 1.96. The highest BCUT2D eigenvalue weighted by Crippen LogP contribution is 2.29. The molecule has 0 heterocycles. The third-order valence-corrected chi connectivity index (χ3v) is 6.96. The van der Waals surface area contributed by atoms with Crippen molar-refractivity contribution in [1.82, 2.24) is 10.6 Å². The average molecular weight is 500 g/mol. The first kappa shape index (κ1) is 26.9. The van der Waals surface area contributed by atoms with E-state index in [0.717, 1.165) is 31.4 Å². The van der Waals surface area contributed by atoms with Gasteiger partial charge in [0, 0.05) is 18.2 Å². The molecular weight excluding hydrogens is 470 g/mol. The SMILES string of the molecule is CSCC[C@@H](NC(=O)c1ccc([N+](=O)[O-])cc1Cl)C(=O)OCC(=O)N[C@H]1CCC[C@@H](C)[C@@H]1C. The van der Waals surface area contributed by atoms with E-state index in [0.29, 0.717) is 17.6 Å². The van der Waals surface area contributed by atoms with E-state index in [9.17, 15) is 24.5 Å². The molecule has 1 aliphatic carbocycles. The number of amides is 2. The molecule has 0 spiro atoms. The standard InChI is InChI=1S/C22H30ClN3O6S/c1-13-5-4-6-18(14(13)2)24-20(27)12-32-22(29)19(9-10-33-3)25-21(28)16-8-7-15(26(30)31)11-17(16)23/h7-8,11,13-14,18-19H,4-6,9-10,12H2,1-3H3,(H,24,27)(H,25,28)/t13-,14+,18+,19-/m1/s1. The Hall–Kier alpha value is -2.33. The van der Waals surface area contributed by atoms with Crippen LogP contribution in [0, 0.1) is 22.0 Å². The fraction of sp³-hybridized carbons (Fsp3) is 0.591. The molecule has 9 nitrogen and oxygen atoms in total. The zero-order valence-corrected chi connectivity index (χ0v) is 20.5. The van der Waals surface area contributed by atoms with Crippen LogP contribution < -0.4 is 10.6 Å². The monoisotopic (exact) mass is 499 g/mol. The van der Waals surface area contributed by atoms with Gasteiger partial charge in [-0.15, -0.1) is 0 Å². The highest BCUT2D eigenvalue weighted by atomic mass is 35.5. The maximum absolute atomic E-state index is 12.6. The van der Waals surface area contributed by atoms with Crippen molar-refractivity contribution in [3.63, 3.8) is 0 Å². The molecule has 182 valence electrons. The molecule has 1 aromatic rings. The highest BCUT2D eigenvalue weighted by Gasteiger charge is 2.29. The molecule has 1 fully saturated rings. The smallest absolute Gasteiger partial charge is 0.329 e. The minimum atomic E-state index is -0.988. The van der Waals surface area contributed by atoms with Crippen LogP contribution in [0.4, 0.5) is 5.69 Å². The van der Waals surface area contributed by atoms with Crippen LogP contribution in [0.2, 0.25) is 5.02 Å². The second-order valence-electron chi connectivity index (χ2n) is 8.28. The molecule has 33 heavy (non-hydrogen) atoms. The number of esters is 1. The molecule has 1 aromatic carbocycles. The molecule has 11 heteroatoms. The van der Waals surface area contributed by atoms with Crippen molar-refractivity contribution in [2.45, 2.75) is 51.6 Å². The Morgan fingerprint density at radius 3 is 2.67 bits per heavy atom. The molecule has 2 N–H and O–H groups in total. The lowest BCUT2D eigenvalue weighted by atomic mass is 9.78. The Labute approximate surface area is 202 Å². The normalized spacial score (nSPS) is 21.0. The van der Waals surface area contributed by atoms with Gasteiger partial charge in [-0.1, -0.05) is 38.3 Å². The van der Waals surface area contributed by atoms with Gasteiger partial charge in [-0.2, -0.15) is 11.8 Å². The lowest BCUT2D eigenvalue weighted by Gasteiger charge is -2.34. The first-order chi connectivity index (χ1) is 15.6. The molecule has 1 saturated carbocycles. The minimum Gasteiger partial charge on any atom is -0.454 e. The number of benzene rings is 1. The van der Waals surface area contributed by atoms with Crippen molar-refractivity contribution in [3.8, 4) is 0 Å². The summed E-state index contributed by atoms with van der Waals surface area (Å²) in [5, 5.41) is 16.3. The van der Waals surface area contributed by atoms with Crippen molar-refractivity contribution in [2.75, 3.05) is 18.6 Å². The summed E-state index contributed by atoms with van der Waals surface area (Å²) < 4.78 is 5.19. The van der Waals surface area contributed by atoms with E-state index in [-0.39, 0.29) is 34.6 Å². The summed E-state index contributed by atoms with van der Waals surface area (Å²) in [4.78, 5) is 47.8. The number of hydrogen-bond donors (Lipinski definition) is 2. The van der Waals surface area contributed by atoms with E-state index < -0.39 is 29.4 Å². The van der Waals surface area contributed by atoms with E-state index in [4.69, 9.17) is 16.3 Å². The van der Waals surface area contributed by atoms with Gasteiger partial charge in [0.05, 0.1) is 15.5 Å². The van der Waals surface area contributed by atoms with Gasteiger partial charge in [0.2, 0.25) is 0 Å². The summed E-state index contributed by atoms with van der Waals surface area (Å²) in [6.07, 6.45) is 5.22. The van der Waals surface area contributed by atoms with Crippen LogP contribution in [0.15, 0.2) is 18.2 Å². The maximum atomic E-state index is 12.6. The third kappa shape index (κ3) is 7.89. The predicted molar refractivity (Wildman–Crippen MR) is 127 cm³/mol. The van der Waals surface area contributed by atoms with E-state index in [1.807, 2.05) is 6.26 Å². The van der Waals surface area contributed by atoms with Crippen LogP contribution in [-0.2, 0) is 14.3 Å². The zero-order valence-electron chi connectivity index (χ0n) is 19.0. The first-order valence-corrected chi connectivity index (χ1v) is 12.6. The second kappa shape index (κ2) is 12.8. The van der Waals surface area contributed by atoms with E-state index in [1.165, 1.54) is 17.8 Å². The third-order valence-electron chi connectivity index (χ3n) is 6.01. The molecule has 4 atom stereocenters. The van der Waals surface area contributed by atoms with Crippen LogP contribution in [0.3, 0.4) is 0 Å². The van der Waals surface area contributed by atoms with Crippen molar-refractivity contribution in [3.05, 3.63) is 38.9 Å². The largest absolute Gasteiger partial charge is 0.454 e. The number of carbonyl (C=O) groups is 3. The van der Waals surface area contributed by atoms with E-state index in [2.05, 4.69) is 24.5 Å². The fourth-order valence-corrected chi connectivity index (χ4v) is 4.53. The first-order valence-electron chi connectivity index (χ1n) is 10.8. The van der Waals surface area contributed by atoms with Crippen LogP contribution in [0.25, 0.3) is 0 Å². The molecule has 0 radical (unpaired) electrons. The van der Waals surface area contributed by atoms with E-state index >= 15 is 0 Å². The van der Waals surface area contributed by atoms with Gasteiger partial charge >= 0.3 is 5.97 Å². The molecule has 2 rings (SSSR count). The molecule has 0 saturated heterocycles. The topological polar surface area (TPSA) is 128 Å². The molecule has 0 unspecified atom stereocenters. The summed E-state index contributed by atoms with van der Waals surface area (Å²) in [5.74, 6) is -0.328. The minimum absolute atomic E-state index is 0.00219. The van der Waals surface area contributed by atoms with Crippen molar-refractivity contribution in [1.29, 1.82) is 0 Å². The number of thioether (sulfide) groups is 1. The molecule has 2 amide bonds. The van der Waals surface area contributed by atoms with Crippen molar-refractivity contribution in [2.24, 2.45) is 11.8 Å². The number of nitro benzene ring substituents is 1. The van der Waals surface area contributed by atoms with Crippen LogP contribution in [-0.4, -0.2) is 53.4 Å². The number of nitrogens with zero attached hydrogens (tertiary/aromatic N) is 1. The summed E-state index contributed by atoms with van der Waals surface area (Å²) in [6, 6.07) is 2.53. The Kier molecular flexibility index (Phi) is 10.4. The van der Waals surface area contributed by atoms with Crippen LogP contribution >= 0.6 is 23.4 Å². The molecule has 0 aromatic heterocycles. The van der Waals surface area contributed by atoms with Gasteiger partial charge in [0.1, 0.15) is 6.04 Å². The number of carbonyl (C=O) groups excluding carboxylic acids is 3. The number of rotatable bonds is 10. The number of nitrogens with one attached hydrogen (secondary N) is 2. The van der Waals surface area contributed by atoms with Crippen LogP contribution in [0.5, 0.6) is 0 Å². The summed E-state index contributed by atoms with van der Waals surface area (Å²) >= 11 is 7.50. The Morgan fingerprint density at radius 2 is 2.03 bits per heavy atom. The summed E-state index contributed by atoms with van der Waals surface area (Å²) in [6.45, 7) is 3.84. The summed E-state index contributed by atoms with van der Waals surface area (Å²) in [5.41, 5.74) is -0.245. The van der Waals surface area contributed by atoms with Gasteiger partial charge in [0.15, 0.2) is 6.61 Å². The second-order valence-corrected chi connectivity index (χ2v) is 9.67. The van der Waals surface area contributed by atoms with Gasteiger partial charge in [-0.3, -0.25) is 19.7 Å². The van der Waals surface area contributed by atoms with E-state index in [1.54, 1.807) is 0 Å².